The SMILES string of the molecule is COc1cc(C(=O)N(C)c2ccc(C)cc2OCCCCC(=C=O)N2CCN(C)CC2)ccc1C(=O)Nc1ccccc1S(N)(=O)=O. The normalized spacial score (nSPS) is 13.4. The number of hydrogen-bond donors (Lipinski definition) is 2. The lowest BCUT2D eigenvalue weighted by atomic mass is 10.1. The van der Waals surface area contributed by atoms with Crippen LogP contribution >= 0.6 is 0 Å². The molecule has 0 bridgehead atoms. The number of rotatable bonds is 13. The molecule has 4 rings (SSSR count). The van der Waals surface area contributed by atoms with Crippen LogP contribution in [-0.4, -0.2) is 90.0 Å². The molecule has 1 aliphatic heterocycles. The van der Waals surface area contributed by atoms with Gasteiger partial charge < -0.3 is 29.5 Å². The van der Waals surface area contributed by atoms with Crippen molar-refractivity contribution in [1.29, 1.82) is 0 Å². The molecule has 0 radical (unpaired) electrons. The Hall–Kier alpha value is -4.68. The number of anilines is 2. The molecule has 0 unspecified atom stereocenters. The lowest BCUT2D eigenvalue weighted by molar-refractivity contribution is 0.0987. The van der Waals surface area contributed by atoms with Crippen molar-refractivity contribution in [3.63, 3.8) is 0 Å². The number of unbranched alkanes of at least 4 members (excludes halogenated alkanes) is 1. The quantitative estimate of drug-likeness (QED) is 0.206. The Bertz CT molecular complexity index is 1760. The van der Waals surface area contributed by atoms with E-state index in [0.717, 1.165) is 38.2 Å². The monoisotopic (exact) mass is 663 g/mol. The number of nitrogens with two attached hydrogens (primary N) is 1. The van der Waals surface area contributed by atoms with Gasteiger partial charge in [-0.1, -0.05) is 18.2 Å². The Labute approximate surface area is 275 Å². The Kier molecular flexibility index (Phi) is 11.8. The molecule has 3 aromatic carbocycles. The fourth-order valence-corrected chi connectivity index (χ4v) is 5.96. The summed E-state index contributed by atoms with van der Waals surface area (Å²) in [5, 5.41) is 7.85. The van der Waals surface area contributed by atoms with Crippen molar-refractivity contribution in [3.05, 3.63) is 83.1 Å². The van der Waals surface area contributed by atoms with Crippen molar-refractivity contribution >= 4 is 39.2 Å². The third-order valence-corrected chi connectivity index (χ3v) is 8.95. The molecule has 2 amide bonds. The summed E-state index contributed by atoms with van der Waals surface area (Å²) in [4.78, 5) is 43.9. The van der Waals surface area contributed by atoms with Gasteiger partial charge in [0.25, 0.3) is 11.8 Å². The molecule has 250 valence electrons. The summed E-state index contributed by atoms with van der Waals surface area (Å²) < 4.78 is 35.5. The Morgan fingerprint density at radius 2 is 1.72 bits per heavy atom. The van der Waals surface area contributed by atoms with Gasteiger partial charge >= 0.3 is 0 Å². The Morgan fingerprint density at radius 1 is 1.00 bits per heavy atom. The van der Waals surface area contributed by atoms with Crippen LogP contribution in [-0.2, 0) is 14.8 Å². The Morgan fingerprint density at radius 3 is 2.40 bits per heavy atom. The number of aryl methyl sites for hydroxylation is 1. The van der Waals surface area contributed by atoms with Gasteiger partial charge in [0, 0.05) is 38.8 Å². The van der Waals surface area contributed by atoms with Crippen molar-refractivity contribution in [2.45, 2.75) is 31.1 Å². The van der Waals surface area contributed by atoms with Crippen molar-refractivity contribution in [2.75, 3.05) is 64.2 Å². The molecule has 1 heterocycles. The molecule has 0 aliphatic carbocycles. The molecule has 3 aromatic rings. The van der Waals surface area contributed by atoms with Crippen molar-refractivity contribution < 1.29 is 32.3 Å². The van der Waals surface area contributed by atoms with Gasteiger partial charge in [0.15, 0.2) is 0 Å². The van der Waals surface area contributed by atoms with Crippen LogP contribution in [0.4, 0.5) is 11.4 Å². The molecule has 0 atom stereocenters. The van der Waals surface area contributed by atoms with Gasteiger partial charge in [-0.3, -0.25) is 9.59 Å². The van der Waals surface area contributed by atoms with E-state index < -0.39 is 15.9 Å². The molecule has 12 nitrogen and oxygen atoms in total. The van der Waals surface area contributed by atoms with Crippen LogP contribution in [0.25, 0.3) is 0 Å². The summed E-state index contributed by atoms with van der Waals surface area (Å²) in [5.41, 5.74) is 2.60. The maximum Gasteiger partial charge on any atom is 0.259 e. The standard InChI is InChI=1S/C34H41N5O7S/c1-24-12-15-29(31(21-24)46-20-8-7-9-26(23-40)39-18-16-37(2)17-19-39)38(3)34(42)25-13-14-27(30(22-25)45-4)33(41)36-28-10-5-6-11-32(28)47(35,43)44/h5-6,10-15,21-22H,7-9,16-20H2,1-4H3,(H,36,41)(H2,35,43,44). The van der Waals surface area contributed by atoms with Crippen molar-refractivity contribution in [1.82, 2.24) is 9.80 Å². The number of para-hydroxylation sites is 1. The van der Waals surface area contributed by atoms with Gasteiger partial charge in [0.05, 0.1) is 36.4 Å². The van der Waals surface area contributed by atoms with Crippen LogP contribution < -0.4 is 24.8 Å². The third kappa shape index (κ3) is 8.99. The maximum absolute atomic E-state index is 13.6. The minimum absolute atomic E-state index is 0.0181. The summed E-state index contributed by atoms with van der Waals surface area (Å²) in [6.07, 6.45) is 2.11. The van der Waals surface area contributed by atoms with Crippen LogP contribution in [0.2, 0.25) is 0 Å². The number of sulfonamides is 1. The number of methoxy groups -OCH3 is 1. The van der Waals surface area contributed by atoms with Gasteiger partial charge in [-0.15, -0.1) is 0 Å². The molecular weight excluding hydrogens is 622 g/mol. The number of carbonyl (C=O) groups excluding carboxylic acids is 3. The number of likely N-dealkylation sites (N-methyl/N-ethyl adjacent to an activating group) is 1. The average molecular weight is 664 g/mol. The predicted molar refractivity (Wildman–Crippen MR) is 180 cm³/mol. The van der Waals surface area contributed by atoms with Crippen LogP contribution in [0.5, 0.6) is 11.5 Å². The number of amides is 2. The second-order valence-electron chi connectivity index (χ2n) is 11.4. The average Bonchev–Trinajstić information content (AvgIpc) is 3.05. The fraction of sp³-hybridized carbons (Fsp3) is 0.353. The molecule has 0 saturated carbocycles. The van der Waals surface area contributed by atoms with Crippen molar-refractivity contribution in [3.8, 4) is 11.5 Å². The number of piperazine rings is 1. The summed E-state index contributed by atoms with van der Waals surface area (Å²) in [6.45, 7) is 5.82. The number of benzene rings is 3. The highest BCUT2D eigenvalue weighted by molar-refractivity contribution is 7.89. The van der Waals surface area contributed by atoms with Crippen LogP contribution in [0.3, 0.4) is 0 Å². The second kappa shape index (κ2) is 15.7. The van der Waals surface area contributed by atoms with E-state index in [0.29, 0.717) is 36.6 Å². The highest BCUT2D eigenvalue weighted by Crippen LogP contribution is 2.31. The molecule has 0 spiro atoms. The number of allylic oxidation sites excluding steroid dienone is 1. The van der Waals surface area contributed by atoms with Gasteiger partial charge in [0.2, 0.25) is 10.0 Å². The topological polar surface area (TPSA) is 152 Å². The van der Waals surface area contributed by atoms with Gasteiger partial charge in [-0.05, 0) is 81.3 Å². The highest BCUT2D eigenvalue weighted by Gasteiger charge is 2.23. The number of nitrogens with one attached hydrogen (secondary N) is 1. The van der Waals surface area contributed by atoms with Gasteiger partial charge in [-0.2, -0.15) is 0 Å². The number of carbonyl (C=O) groups is 2. The zero-order valence-corrected chi connectivity index (χ0v) is 27.9. The molecule has 47 heavy (non-hydrogen) atoms. The summed E-state index contributed by atoms with van der Waals surface area (Å²) in [7, 11) is 0.991. The fourth-order valence-electron chi connectivity index (χ4n) is 5.26. The molecular formula is C34H41N5O7S. The van der Waals surface area contributed by atoms with E-state index in [9.17, 15) is 22.8 Å². The molecule has 3 N–H and O–H groups in total. The number of hydrogen-bond acceptors (Lipinski definition) is 9. The van der Waals surface area contributed by atoms with E-state index in [4.69, 9.17) is 14.6 Å². The highest BCUT2D eigenvalue weighted by atomic mass is 32.2. The number of primary sulfonamides is 1. The van der Waals surface area contributed by atoms with Crippen LogP contribution in [0.1, 0.15) is 45.5 Å². The van der Waals surface area contributed by atoms with E-state index in [1.807, 2.05) is 25.1 Å². The van der Waals surface area contributed by atoms with E-state index in [1.54, 1.807) is 13.1 Å². The molecule has 1 fully saturated rings. The Balaban J connectivity index is 1.42. The lowest BCUT2D eigenvalue weighted by Gasteiger charge is -2.34. The lowest BCUT2D eigenvalue weighted by Crippen LogP contribution is -2.44. The first-order chi connectivity index (χ1) is 22.4. The first-order valence-corrected chi connectivity index (χ1v) is 16.8. The van der Waals surface area contributed by atoms with E-state index in [2.05, 4.69) is 28.1 Å². The van der Waals surface area contributed by atoms with Crippen LogP contribution in [0, 0.1) is 6.92 Å². The number of nitrogens with zero attached hydrogens (tertiary/aromatic N) is 3. The molecule has 1 saturated heterocycles. The van der Waals surface area contributed by atoms with Gasteiger partial charge in [-0.25, -0.2) is 18.4 Å². The molecule has 1 aliphatic rings. The summed E-state index contributed by atoms with van der Waals surface area (Å²) in [6, 6.07) is 15.7. The summed E-state index contributed by atoms with van der Waals surface area (Å²) >= 11 is 0. The smallest absolute Gasteiger partial charge is 0.259 e. The zero-order chi connectivity index (χ0) is 34.1. The minimum atomic E-state index is -4.08. The van der Waals surface area contributed by atoms with E-state index >= 15 is 0 Å². The largest absolute Gasteiger partial charge is 0.496 e. The molecule has 0 aromatic heterocycles. The van der Waals surface area contributed by atoms with Gasteiger partial charge in [0.1, 0.15) is 22.3 Å². The first kappa shape index (κ1) is 35.2. The maximum atomic E-state index is 13.6. The zero-order valence-electron chi connectivity index (χ0n) is 27.1. The number of ether oxygens (including phenoxy) is 2. The third-order valence-electron chi connectivity index (χ3n) is 7.98. The van der Waals surface area contributed by atoms with Crippen molar-refractivity contribution in [2.24, 2.45) is 5.14 Å². The summed E-state index contributed by atoms with van der Waals surface area (Å²) in [5.74, 6) is 1.78. The second-order valence-corrected chi connectivity index (χ2v) is 12.9. The van der Waals surface area contributed by atoms with E-state index in [-0.39, 0.29) is 33.4 Å². The minimum Gasteiger partial charge on any atom is -0.496 e. The predicted octanol–water partition coefficient (Wildman–Crippen LogP) is 3.69. The van der Waals surface area contributed by atoms with Crippen LogP contribution in [0.15, 0.2) is 71.3 Å². The molecule has 13 heteroatoms. The first-order valence-electron chi connectivity index (χ1n) is 15.2. The van der Waals surface area contributed by atoms with E-state index in [1.165, 1.54) is 48.4 Å².